The first-order valence-corrected chi connectivity index (χ1v) is 7.88. The summed E-state index contributed by atoms with van der Waals surface area (Å²) in [7, 11) is -3.17. The molecule has 0 aliphatic carbocycles. The first-order chi connectivity index (χ1) is 9.14. The third kappa shape index (κ3) is 8.53. The standard InChI is InChI=1S/C6H6O2S2.C5H10N2O3/c7-10(8,9)6-4-2-1-3-5-6;6-3(5(9)10)1-2-4(7)8/h1-5H,(H,7,8,9);3H,1-2,6H2,(H2,7,8)(H,9,10). The summed E-state index contributed by atoms with van der Waals surface area (Å²) in [4.78, 5) is 20.4. The van der Waals surface area contributed by atoms with E-state index in [1.54, 1.807) is 18.2 Å². The van der Waals surface area contributed by atoms with E-state index in [1.807, 2.05) is 0 Å². The summed E-state index contributed by atoms with van der Waals surface area (Å²) in [5.41, 5.74) is 9.81. The molecule has 2 atom stereocenters. The zero-order chi connectivity index (χ0) is 15.8. The maximum absolute atomic E-state index is 10.8. The van der Waals surface area contributed by atoms with Crippen molar-refractivity contribution in [1.29, 1.82) is 0 Å². The number of carbonyl (C=O) groups is 2. The van der Waals surface area contributed by atoms with Gasteiger partial charge < -0.3 is 21.1 Å². The molecule has 1 aromatic carbocycles. The van der Waals surface area contributed by atoms with Crippen molar-refractivity contribution in [3.63, 3.8) is 0 Å². The van der Waals surface area contributed by atoms with E-state index in [2.05, 4.69) is 11.2 Å². The second-order valence-electron chi connectivity index (χ2n) is 3.74. The molecule has 0 fully saturated rings. The van der Waals surface area contributed by atoms with Crippen molar-refractivity contribution >= 4 is 31.8 Å². The smallest absolute Gasteiger partial charge is 0.320 e. The Labute approximate surface area is 121 Å². The van der Waals surface area contributed by atoms with E-state index in [-0.39, 0.29) is 12.8 Å². The number of hydrogen-bond donors (Lipinski definition) is 4. The van der Waals surface area contributed by atoms with Gasteiger partial charge >= 0.3 is 5.97 Å². The molecule has 0 spiro atoms. The van der Waals surface area contributed by atoms with Gasteiger partial charge in [0.25, 0.3) is 0 Å². The number of carbonyl (C=O) groups excluding carboxylic acids is 1. The van der Waals surface area contributed by atoms with Gasteiger partial charge in [-0.2, -0.15) is 0 Å². The van der Waals surface area contributed by atoms with Gasteiger partial charge in [0.05, 0.1) is 4.90 Å². The van der Waals surface area contributed by atoms with Crippen LogP contribution in [0.5, 0.6) is 0 Å². The fourth-order valence-electron chi connectivity index (χ4n) is 1.01. The number of aliphatic carboxylic acids is 1. The maximum atomic E-state index is 10.8. The summed E-state index contributed by atoms with van der Waals surface area (Å²) < 4.78 is 19.6. The molecule has 0 saturated carbocycles. The first kappa shape index (κ1) is 18.4. The Morgan fingerprint density at radius 1 is 1.30 bits per heavy atom. The average molecular weight is 320 g/mol. The van der Waals surface area contributed by atoms with Crippen LogP contribution >= 0.6 is 0 Å². The van der Waals surface area contributed by atoms with Gasteiger partial charge in [-0.15, -0.1) is 0 Å². The fraction of sp³-hybridized carbons (Fsp3) is 0.273. The van der Waals surface area contributed by atoms with Gasteiger partial charge in [0.1, 0.15) is 6.04 Å². The Hall–Kier alpha value is -1.55. The lowest BCUT2D eigenvalue weighted by Gasteiger charge is -2.01. The molecule has 1 aromatic rings. The van der Waals surface area contributed by atoms with Crippen molar-refractivity contribution in [2.45, 2.75) is 23.8 Å². The van der Waals surface area contributed by atoms with Crippen LogP contribution in [0.25, 0.3) is 0 Å². The van der Waals surface area contributed by atoms with Gasteiger partial charge in [0, 0.05) is 17.6 Å². The van der Waals surface area contributed by atoms with E-state index in [1.165, 1.54) is 12.1 Å². The lowest BCUT2D eigenvalue weighted by molar-refractivity contribution is -0.138. The highest BCUT2D eigenvalue weighted by Crippen LogP contribution is 2.05. The van der Waals surface area contributed by atoms with Crippen molar-refractivity contribution in [3.8, 4) is 0 Å². The summed E-state index contributed by atoms with van der Waals surface area (Å²) in [6, 6.07) is 7.22. The molecule has 112 valence electrons. The average Bonchev–Trinajstić information content (AvgIpc) is 2.36. The second kappa shape index (κ2) is 8.59. The minimum atomic E-state index is -3.17. The van der Waals surface area contributed by atoms with E-state index in [4.69, 9.17) is 21.1 Å². The molecule has 2 unspecified atom stereocenters. The topological polar surface area (TPSA) is 144 Å². The third-order valence-corrected chi connectivity index (χ3v) is 3.51. The molecular weight excluding hydrogens is 304 g/mol. The highest BCUT2D eigenvalue weighted by Gasteiger charge is 2.11. The number of rotatable bonds is 5. The molecule has 0 bridgehead atoms. The largest absolute Gasteiger partial charge is 0.480 e. The van der Waals surface area contributed by atoms with Gasteiger partial charge in [0.2, 0.25) is 5.91 Å². The van der Waals surface area contributed by atoms with Gasteiger partial charge in [-0.25, -0.2) is 4.21 Å². The molecule has 20 heavy (non-hydrogen) atoms. The van der Waals surface area contributed by atoms with E-state index in [0.717, 1.165) is 0 Å². The SMILES string of the molecule is NC(=O)CCC(N)C(=O)O.O=S(O)(=S)c1ccccc1. The lowest BCUT2D eigenvalue weighted by Crippen LogP contribution is -2.31. The lowest BCUT2D eigenvalue weighted by atomic mass is 10.2. The molecule has 0 saturated heterocycles. The molecule has 1 rings (SSSR count). The first-order valence-electron chi connectivity index (χ1n) is 5.44. The summed E-state index contributed by atoms with van der Waals surface area (Å²) in [5.74, 6) is -1.64. The van der Waals surface area contributed by atoms with Crippen LogP contribution in [0.1, 0.15) is 12.8 Å². The summed E-state index contributed by atoms with van der Waals surface area (Å²) >= 11 is 4.33. The minimum absolute atomic E-state index is 0.0213. The van der Waals surface area contributed by atoms with Crippen molar-refractivity contribution < 1.29 is 23.5 Å². The molecular formula is C11H16N2O5S2. The molecule has 0 aromatic heterocycles. The fourth-order valence-corrected chi connectivity index (χ4v) is 1.85. The van der Waals surface area contributed by atoms with Crippen LogP contribution in [-0.4, -0.2) is 31.8 Å². The Morgan fingerprint density at radius 3 is 2.10 bits per heavy atom. The summed E-state index contributed by atoms with van der Waals surface area (Å²) in [5, 5.41) is 8.22. The van der Waals surface area contributed by atoms with Crippen LogP contribution < -0.4 is 11.5 Å². The summed E-state index contributed by atoms with van der Waals surface area (Å²) in [6.45, 7) is 0. The van der Waals surface area contributed by atoms with Gasteiger partial charge in [-0.1, -0.05) is 18.2 Å². The third-order valence-electron chi connectivity index (χ3n) is 2.06. The van der Waals surface area contributed by atoms with Crippen LogP contribution in [0.3, 0.4) is 0 Å². The number of primary amides is 1. The quantitative estimate of drug-likeness (QED) is 0.594. The monoisotopic (exact) mass is 320 g/mol. The molecule has 0 aliphatic rings. The van der Waals surface area contributed by atoms with Crippen LogP contribution in [0.4, 0.5) is 0 Å². The normalized spacial score (nSPS) is 14.3. The van der Waals surface area contributed by atoms with Crippen LogP contribution in [-0.2, 0) is 29.6 Å². The van der Waals surface area contributed by atoms with Crippen molar-refractivity contribution in [1.82, 2.24) is 0 Å². The van der Waals surface area contributed by atoms with E-state index in [9.17, 15) is 13.8 Å². The number of nitrogens with two attached hydrogens (primary N) is 2. The highest BCUT2D eigenvalue weighted by molar-refractivity contribution is 8.29. The van der Waals surface area contributed by atoms with Gasteiger partial charge in [-0.05, 0) is 18.6 Å². The van der Waals surface area contributed by atoms with E-state index < -0.39 is 26.7 Å². The number of hydrogen-bond acceptors (Lipinski definition) is 5. The zero-order valence-corrected chi connectivity index (χ0v) is 12.1. The van der Waals surface area contributed by atoms with Crippen molar-refractivity contribution in [2.75, 3.05) is 0 Å². The minimum Gasteiger partial charge on any atom is -0.480 e. The van der Waals surface area contributed by atoms with Crippen LogP contribution in [0.2, 0.25) is 0 Å². The number of benzene rings is 1. The number of carboxylic acid groups (broad SMARTS) is 1. The Bertz CT molecular complexity index is 545. The molecule has 0 aliphatic heterocycles. The van der Waals surface area contributed by atoms with Crippen LogP contribution in [0, 0.1) is 0 Å². The van der Waals surface area contributed by atoms with Gasteiger partial charge in [0.15, 0.2) is 8.77 Å². The Balaban J connectivity index is 0.000000361. The molecule has 0 heterocycles. The van der Waals surface area contributed by atoms with Crippen molar-refractivity contribution in [2.24, 2.45) is 11.5 Å². The molecule has 0 radical (unpaired) electrons. The molecule has 1 amide bonds. The highest BCUT2D eigenvalue weighted by atomic mass is 32.8. The molecule has 6 N–H and O–H groups in total. The molecule has 9 heteroatoms. The Morgan fingerprint density at radius 2 is 1.80 bits per heavy atom. The number of amides is 1. The van der Waals surface area contributed by atoms with Gasteiger partial charge in [-0.3, -0.25) is 9.59 Å². The Kier molecular flexibility index (Phi) is 7.92. The predicted octanol–water partition coefficient (Wildman–Crippen LogP) is -0.0714. The van der Waals surface area contributed by atoms with E-state index >= 15 is 0 Å². The van der Waals surface area contributed by atoms with Crippen LogP contribution in [0.15, 0.2) is 35.2 Å². The molecule has 7 nitrogen and oxygen atoms in total. The second-order valence-corrected chi connectivity index (χ2v) is 6.51. The predicted molar refractivity (Wildman–Crippen MR) is 76.9 cm³/mol. The summed E-state index contributed by atoms with van der Waals surface area (Å²) in [6.07, 6.45) is 0.123. The van der Waals surface area contributed by atoms with Crippen molar-refractivity contribution in [3.05, 3.63) is 30.3 Å². The number of carboxylic acids is 1. The zero-order valence-electron chi connectivity index (χ0n) is 10.5. The van der Waals surface area contributed by atoms with E-state index in [0.29, 0.717) is 4.90 Å². The maximum Gasteiger partial charge on any atom is 0.320 e.